The van der Waals surface area contributed by atoms with Crippen molar-refractivity contribution in [3.05, 3.63) is 45.3 Å². The molecule has 0 fully saturated rings. The molecule has 1 aliphatic rings. The first kappa shape index (κ1) is 14.1. The highest BCUT2D eigenvalue weighted by atomic mass is 79.9. The molecule has 106 valence electrons. The van der Waals surface area contributed by atoms with Gasteiger partial charge in [-0.1, -0.05) is 15.9 Å². The van der Waals surface area contributed by atoms with Crippen molar-refractivity contribution >= 4 is 39.1 Å². The van der Waals surface area contributed by atoms with Crippen LogP contribution in [0.4, 0.5) is 0 Å². The molecule has 1 atom stereocenters. The van der Waals surface area contributed by atoms with Gasteiger partial charge in [0, 0.05) is 10.9 Å². The van der Waals surface area contributed by atoms with Crippen molar-refractivity contribution in [1.82, 2.24) is 0 Å². The van der Waals surface area contributed by atoms with E-state index in [9.17, 15) is 0 Å². The smallest absolute Gasteiger partial charge is 0.193 e. The van der Waals surface area contributed by atoms with Gasteiger partial charge in [-0.2, -0.15) is 0 Å². The van der Waals surface area contributed by atoms with E-state index in [1.807, 2.05) is 12.1 Å². The van der Waals surface area contributed by atoms with Crippen molar-refractivity contribution in [2.24, 2.45) is 0 Å². The maximum absolute atomic E-state index is 6.45. The lowest BCUT2D eigenvalue weighted by atomic mass is 10.1. The molecule has 20 heavy (non-hydrogen) atoms. The number of furan rings is 1. The van der Waals surface area contributed by atoms with Gasteiger partial charge in [-0.05, 0) is 41.4 Å². The summed E-state index contributed by atoms with van der Waals surface area (Å²) in [7, 11) is 0. The summed E-state index contributed by atoms with van der Waals surface area (Å²) in [4.78, 5) is 0. The van der Waals surface area contributed by atoms with Gasteiger partial charge in [0.2, 0.25) is 0 Å². The third-order valence-corrected chi connectivity index (χ3v) is 4.32. The molecule has 1 aromatic heterocycles. The van der Waals surface area contributed by atoms with Crippen LogP contribution in [0.25, 0.3) is 0 Å². The average Bonchev–Trinajstić information content (AvgIpc) is 2.73. The highest BCUT2D eigenvalue weighted by Gasteiger charge is 2.21. The summed E-state index contributed by atoms with van der Waals surface area (Å²) in [6, 6.07) is 7.17. The summed E-state index contributed by atoms with van der Waals surface area (Å²) in [5.74, 6) is 2.01. The number of halogens is 3. The van der Waals surface area contributed by atoms with E-state index >= 15 is 0 Å². The molecule has 0 radical (unpaired) electrons. The first-order valence-electron chi connectivity index (χ1n) is 6.13. The molecule has 1 aliphatic heterocycles. The zero-order valence-electron chi connectivity index (χ0n) is 10.4. The predicted molar refractivity (Wildman–Crippen MR) is 81.2 cm³/mol. The van der Waals surface area contributed by atoms with Crippen LogP contribution in [0, 0.1) is 0 Å². The van der Waals surface area contributed by atoms with E-state index in [4.69, 9.17) is 37.1 Å². The lowest BCUT2D eigenvalue weighted by Crippen LogP contribution is -1.97. The molecule has 2 heterocycles. The first-order valence-corrected chi connectivity index (χ1v) is 7.74. The summed E-state index contributed by atoms with van der Waals surface area (Å²) in [5, 5.41) is -0.134. The topological polar surface area (TPSA) is 31.6 Å². The summed E-state index contributed by atoms with van der Waals surface area (Å²) in [6.07, 6.45) is 0.861. The Labute approximate surface area is 134 Å². The molecule has 0 saturated heterocycles. The minimum Gasteiger partial charge on any atom is -0.490 e. The van der Waals surface area contributed by atoms with Crippen LogP contribution in [0.3, 0.4) is 0 Å². The quantitative estimate of drug-likeness (QED) is 0.675. The summed E-state index contributed by atoms with van der Waals surface area (Å²) in [6.45, 7) is 1.28. The molecule has 6 heteroatoms. The van der Waals surface area contributed by atoms with E-state index in [1.54, 1.807) is 12.1 Å². The second-order valence-corrected chi connectivity index (χ2v) is 6.04. The number of ether oxygens (including phenoxy) is 2. The van der Waals surface area contributed by atoms with Crippen LogP contribution in [0.2, 0.25) is 5.22 Å². The molecular weight excluding hydrogens is 367 g/mol. The minimum absolute atomic E-state index is 0.316. The van der Waals surface area contributed by atoms with Gasteiger partial charge in [0.1, 0.15) is 11.1 Å². The highest BCUT2D eigenvalue weighted by Crippen LogP contribution is 2.42. The Morgan fingerprint density at radius 1 is 1.10 bits per heavy atom. The van der Waals surface area contributed by atoms with Crippen molar-refractivity contribution in [1.29, 1.82) is 0 Å². The zero-order valence-corrected chi connectivity index (χ0v) is 13.5. The lowest BCUT2D eigenvalue weighted by molar-refractivity contribution is 0.297. The van der Waals surface area contributed by atoms with Crippen LogP contribution in [0.1, 0.15) is 23.1 Å². The molecule has 0 N–H and O–H groups in total. The maximum Gasteiger partial charge on any atom is 0.193 e. The first-order chi connectivity index (χ1) is 9.65. The number of hydrogen-bond donors (Lipinski definition) is 0. The van der Waals surface area contributed by atoms with Crippen LogP contribution in [-0.4, -0.2) is 13.2 Å². The number of fused-ring (bicyclic) bond motifs is 1. The van der Waals surface area contributed by atoms with Gasteiger partial charge < -0.3 is 13.9 Å². The van der Waals surface area contributed by atoms with Crippen LogP contribution in [-0.2, 0) is 0 Å². The largest absolute Gasteiger partial charge is 0.490 e. The molecule has 0 saturated carbocycles. The Balaban J connectivity index is 1.99. The van der Waals surface area contributed by atoms with E-state index in [2.05, 4.69) is 15.9 Å². The Bertz CT molecular complexity index is 627. The molecule has 1 unspecified atom stereocenters. The Kier molecular flexibility index (Phi) is 4.15. The van der Waals surface area contributed by atoms with E-state index in [0.29, 0.717) is 29.9 Å². The zero-order chi connectivity index (χ0) is 14.1. The second kappa shape index (κ2) is 5.88. The molecule has 2 aromatic rings. The fraction of sp³-hybridized carbons (Fsp3) is 0.286. The number of benzene rings is 1. The van der Waals surface area contributed by atoms with Gasteiger partial charge in [0.15, 0.2) is 16.7 Å². The predicted octanol–water partition coefficient (Wildman–Crippen LogP) is 5.19. The molecule has 1 aromatic carbocycles. The Morgan fingerprint density at radius 3 is 2.45 bits per heavy atom. The van der Waals surface area contributed by atoms with Crippen molar-refractivity contribution in [3.63, 3.8) is 0 Å². The second-order valence-electron chi connectivity index (χ2n) is 4.38. The van der Waals surface area contributed by atoms with Gasteiger partial charge in [-0.15, -0.1) is 11.6 Å². The summed E-state index contributed by atoms with van der Waals surface area (Å²) >= 11 is 15.8. The number of rotatable bonds is 2. The van der Waals surface area contributed by atoms with Gasteiger partial charge in [-0.25, -0.2) is 0 Å². The number of alkyl halides is 1. The molecule has 3 rings (SSSR count). The molecule has 0 amide bonds. The minimum atomic E-state index is -0.450. The Morgan fingerprint density at radius 2 is 1.80 bits per heavy atom. The van der Waals surface area contributed by atoms with Crippen LogP contribution >= 0.6 is 39.1 Å². The maximum atomic E-state index is 6.45. The van der Waals surface area contributed by atoms with Crippen LogP contribution in [0.15, 0.2) is 33.2 Å². The third-order valence-electron chi connectivity index (χ3n) is 2.98. The van der Waals surface area contributed by atoms with E-state index < -0.39 is 5.38 Å². The van der Waals surface area contributed by atoms with Crippen molar-refractivity contribution in [2.75, 3.05) is 13.2 Å². The van der Waals surface area contributed by atoms with Crippen LogP contribution in [0.5, 0.6) is 11.5 Å². The molecule has 0 spiro atoms. The molecule has 0 bridgehead atoms. The SMILES string of the molecule is Clc1ccc(C(Cl)c2cc3c(cc2Br)OCCCO3)o1. The van der Waals surface area contributed by atoms with E-state index in [-0.39, 0.29) is 0 Å². The molecular formula is C14H11BrCl2O3. The van der Waals surface area contributed by atoms with Crippen molar-refractivity contribution in [3.8, 4) is 11.5 Å². The standard InChI is InChI=1S/C14H11BrCl2O3/c15-9-7-12-11(18-4-1-5-19-12)6-8(9)14(17)10-2-3-13(16)20-10/h2-3,6-7,14H,1,4-5H2. The lowest BCUT2D eigenvalue weighted by Gasteiger charge is -2.14. The van der Waals surface area contributed by atoms with Gasteiger partial charge >= 0.3 is 0 Å². The van der Waals surface area contributed by atoms with Gasteiger partial charge in [0.25, 0.3) is 0 Å². The highest BCUT2D eigenvalue weighted by molar-refractivity contribution is 9.10. The fourth-order valence-corrected chi connectivity index (χ4v) is 3.14. The number of hydrogen-bond acceptors (Lipinski definition) is 3. The third kappa shape index (κ3) is 2.78. The molecule has 3 nitrogen and oxygen atoms in total. The summed E-state index contributed by atoms with van der Waals surface area (Å²) < 4.78 is 17.5. The van der Waals surface area contributed by atoms with Crippen molar-refractivity contribution < 1.29 is 13.9 Å². The van der Waals surface area contributed by atoms with Gasteiger partial charge in [0.05, 0.1) is 13.2 Å². The van der Waals surface area contributed by atoms with Crippen LogP contribution < -0.4 is 9.47 Å². The fourth-order valence-electron chi connectivity index (χ4n) is 2.01. The van der Waals surface area contributed by atoms with E-state index in [0.717, 1.165) is 22.2 Å². The average molecular weight is 378 g/mol. The summed E-state index contributed by atoms with van der Waals surface area (Å²) in [5.41, 5.74) is 0.849. The Hall–Kier alpha value is -0.840. The van der Waals surface area contributed by atoms with Gasteiger partial charge in [-0.3, -0.25) is 0 Å². The normalized spacial score (nSPS) is 15.8. The van der Waals surface area contributed by atoms with E-state index in [1.165, 1.54) is 0 Å². The molecule has 0 aliphatic carbocycles. The van der Waals surface area contributed by atoms with Crippen molar-refractivity contribution in [2.45, 2.75) is 11.8 Å². The monoisotopic (exact) mass is 376 g/mol.